The number of halogens is 1. The topological polar surface area (TPSA) is 46.5 Å². The Balaban J connectivity index is 2.62. The van der Waals surface area contributed by atoms with Crippen molar-refractivity contribution < 1.29 is 14.6 Å². The molecule has 0 saturated heterocycles. The molecule has 0 heterocycles. The van der Waals surface area contributed by atoms with Gasteiger partial charge in [0.2, 0.25) is 0 Å². The summed E-state index contributed by atoms with van der Waals surface area (Å²) in [6.45, 7) is 2.24. The van der Waals surface area contributed by atoms with E-state index in [0.717, 1.165) is 36.8 Å². The predicted octanol–water partition coefficient (Wildman–Crippen LogP) is 3.32. The summed E-state index contributed by atoms with van der Waals surface area (Å²) in [5.41, 5.74) is 2.22. The van der Waals surface area contributed by atoms with Crippen molar-refractivity contribution in [1.29, 1.82) is 0 Å². The molecule has 2 rings (SSSR count). The Labute approximate surface area is 105 Å². The molecule has 0 aromatic heterocycles. The maximum Gasteiger partial charge on any atom is 0.339 e. The molecule has 3 nitrogen and oxygen atoms in total. The fourth-order valence-corrected chi connectivity index (χ4v) is 2.64. The highest BCUT2D eigenvalue weighted by atomic mass is 35.5. The molecule has 0 aliphatic heterocycles. The van der Waals surface area contributed by atoms with E-state index >= 15 is 0 Å². The number of ether oxygens (including phenoxy) is 1. The van der Waals surface area contributed by atoms with Crippen molar-refractivity contribution in [2.24, 2.45) is 0 Å². The number of aryl methyl sites for hydroxylation is 1. The first-order valence-electron chi connectivity index (χ1n) is 5.85. The molecule has 0 bridgehead atoms. The van der Waals surface area contributed by atoms with Crippen LogP contribution in [-0.4, -0.2) is 17.7 Å². The third-order valence-electron chi connectivity index (χ3n) is 3.06. The summed E-state index contributed by atoms with van der Waals surface area (Å²) in [6.07, 6.45) is 3.83. The van der Waals surface area contributed by atoms with E-state index in [1.54, 1.807) is 0 Å². The normalized spacial score (nSPS) is 14.2. The van der Waals surface area contributed by atoms with Crippen molar-refractivity contribution in [3.8, 4) is 5.75 Å². The highest BCUT2D eigenvalue weighted by Gasteiger charge is 2.24. The van der Waals surface area contributed by atoms with E-state index in [0.29, 0.717) is 17.4 Å². The molecule has 17 heavy (non-hydrogen) atoms. The van der Waals surface area contributed by atoms with Crippen molar-refractivity contribution in [2.45, 2.75) is 32.6 Å². The molecule has 0 atom stereocenters. The number of rotatable bonds is 3. The van der Waals surface area contributed by atoms with Crippen LogP contribution < -0.4 is 4.74 Å². The molecular weight excluding hydrogens is 240 g/mol. The SMILES string of the molecule is CCOc1c(Cl)cc2c(c1C(=O)O)CCCC2. The second-order valence-electron chi connectivity index (χ2n) is 4.15. The van der Waals surface area contributed by atoms with Gasteiger partial charge in [0.05, 0.1) is 11.6 Å². The van der Waals surface area contributed by atoms with Crippen molar-refractivity contribution in [1.82, 2.24) is 0 Å². The Morgan fingerprint density at radius 3 is 2.82 bits per heavy atom. The quantitative estimate of drug-likeness (QED) is 0.900. The van der Waals surface area contributed by atoms with Crippen LogP contribution in [0.4, 0.5) is 0 Å². The summed E-state index contributed by atoms with van der Waals surface area (Å²) < 4.78 is 5.38. The summed E-state index contributed by atoms with van der Waals surface area (Å²) in [7, 11) is 0. The maximum absolute atomic E-state index is 11.4. The average Bonchev–Trinajstić information content (AvgIpc) is 2.29. The molecule has 0 spiro atoms. The number of hydrogen-bond donors (Lipinski definition) is 1. The van der Waals surface area contributed by atoms with Crippen LogP contribution in [0.1, 0.15) is 41.3 Å². The van der Waals surface area contributed by atoms with Crippen LogP contribution in [0.5, 0.6) is 5.75 Å². The Morgan fingerprint density at radius 2 is 2.18 bits per heavy atom. The van der Waals surface area contributed by atoms with E-state index < -0.39 is 5.97 Å². The van der Waals surface area contributed by atoms with Crippen LogP contribution in [0.25, 0.3) is 0 Å². The number of carboxylic acids is 1. The number of hydrogen-bond acceptors (Lipinski definition) is 2. The molecule has 1 N–H and O–H groups in total. The summed E-state index contributed by atoms with van der Waals surface area (Å²) in [6, 6.07) is 1.85. The van der Waals surface area contributed by atoms with Gasteiger partial charge in [-0.15, -0.1) is 0 Å². The molecule has 0 radical (unpaired) electrons. The Bertz CT molecular complexity index is 454. The first-order valence-corrected chi connectivity index (χ1v) is 6.23. The maximum atomic E-state index is 11.4. The minimum absolute atomic E-state index is 0.258. The first-order chi connectivity index (χ1) is 8.15. The zero-order valence-corrected chi connectivity index (χ0v) is 10.5. The number of carboxylic acid groups (broad SMARTS) is 1. The van der Waals surface area contributed by atoms with Crippen LogP contribution in [0, 0.1) is 0 Å². The predicted molar refractivity (Wildman–Crippen MR) is 66.2 cm³/mol. The summed E-state index contributed by atoms with van der Waals surface area (Å²) in [4.78, 5) is 11.4. The van der Waals surface area contributed by atoms with Gasteiger partial charge in [-0.25, -0.2) is 4.79 Å². The van der Waals surface area contributed by atoms with Gasteiger partial charge >= 0.3 is 5.97 Å². The van der Waals surface area contributed by atoms with E-state index in [1.807, 2.05) is 13.0 Å². The first kappa shape index (κ1) is 12.2. The van der Waals surface area contributed by atoms with Gasteiger partial charge in [-0.3, -0.25) is 0 Å². The molecular formula is C13H15ClO3. The van der Waals surface area contributed by atoms with Crippen molar-refractivity contribution >= 4 is 17.6 Å². The van der Waals surface area contributed by atoms with Gasteiger partial charge in [0.15, 0.2) is 5.75 Å². The van der Waals surface area contributed by atoms with E-state index in [9.17, 15) is 9.90 Å². The van der Waals surface area contributed by atoms with Gasteiger partial charge in [0.1, 0.15) is 5.56 Å². The largest absolute Gasteiger partial charge is 0.491 e. The van der Waals surface area contributed by atoms with Crippen LogP contribution in [0.15, 0.2) is 6.07 Å². The Kier molecular flexibility index (Phi) is 3.57. The van der Waals surface area contributed by atoms with Gasteiger partial charge in [-0.1, -0.05) is 11.6 Å². The number of aromatic carboxylic acids is 1. The average molecular weight is 255 g/mol. The zero-order valence-electron chi connectivity index (χ0n) is 9.75. The van der Waals surface area contributed by atoms with E-state index in [4.69, 9.17) is 16.3 Å². The molecule has 0 amide bonds. The molecule has 0 fully saturated rings. The van der Waals surface area contributed by atoms with Crippen LogP contribution in [-0.2, 0) is 12.8 Å². The Hall–Kier alpha value is -1.22. The zero-order chi connectivity index (χ0) is 12.4. The van der Waals surface area contributed by atoms with Crippen molar-refractivity contribution in [2.75, 3.05) is 6.61 Å². The lowest BCUT2D eigenvalue weighted by Gasteiger charge is -2.21. The lowest BCUT2D eigenvalue weighted by molar-refractivity contribution is 0.0691. The molecule has 92 valence electrons. The number of fused-ring (bicyclic) bond motifs is 1. The monoisotopic (exact) mass is 254 g/mol. The third-order valence-corrected chi connectivity index (χ3v) is 3.34. The fourth-order valence-electron chi connectivity index (χ4n) is 2.36. The summed E-state index contributed by atoms with van der Waals surface area (Å²) in [5.74, 6) is -0.628. The second-order valence-corrected chi connectivity index (χ2v) is 4.55. The standard InChI is InChI=1S/C13H15ClO3/c1-2-17-12-10(14)7-8-5-3-4-6-9(8)11(12)13(15)16/h7H,2-6H2,1H3,(H,15,16). The molecule has 0 unspecified atom stereocenters. The molecule has 4 heteroatoms. The molecule has 1 aromatic carbocycles. The van der Waals surface area contributed by atoms with Gasteiger partial charge in [-0.2, -0.15) is 0 Å². The lowest BCUT2D eigenvalue weighted by Crippen LogP contribution is -2.13. The van der Waals surface area contributed by atoms with E-state index in [-0.39, 0.29) is 5.56 Å². The number of benzene rings is 1. The van der Waals surface area contributed by atoms with Gasteiger partial charge < -0.3 is 9.84 Å². The van der Waals surface area contributed by atoms with E-state index in [2.05, 4.69) is 0 Å². The third kappa shape index (κ3) is 2.25. The van der Waals surface area contributed by atoms with Crippen molar-refractivity contribution in [3.05, 3.63) is 27.8 Å². The highest BCUT2D eigenvalue weighted by Crippen LogP contribution is 2.37. The summed E-state index contributed by atoms with van der Waals surface area (Å²) in [5, 5.41) is 9.74. The molecule has 1 aliphatic rings. The highest BCUT2D eigenvalue weighted by molar-refractivity contribution is 6.32. The minimum atomic E-state index is -0.950. The second kappa shape index (κ2) is 4.96. The smallest absolute Gasteiger partial charge is 0.339 e. The van der Waals surface area contributed by atoms with Gasteiger partial charge in [0.25, 0.3) is 0 Å². The van der Waals surface area contributed by atoms with Crippen LogP contribution >= 0.6 is 11.6 Å². The molecule has 1 aliphatic carbocycles. The van der Waals surface area contributed by atoms with Crippen molar-refractivity contribution in [3.63, 3.8) is 0 Å². The minimum Gasteiger partial charge on any atom is -0.491 e. The molecule has 0 saturated carbocycles. The van der Waals surface area contributed by atoms with Gasteiger partial charge in [0, 0.05) is 0 Å². The molecule has 1 aromatic rings. The van der Waals surface area contributed by atoms with Gasteiger partial charge in [-0.05, 0) is 49.8 Å². The Morgan fingerprint density at radius 1 is 1.47 bits per heavy atom. The fraction of sp³-hybridized carbons (Fsp3) is 0.462. The van der Waals surface area contributed by atoms with E-state index in [1.165, 1.54) is 0 Å². The number of carbonyl (C=O) groups is 1. The summed E-state index contributed by atoms with van der Waals surface area (Å²) >= 11 is 6.10. The van der Waals surface area contributed by atoms with Crippen LogP contribution in [0.2, 0.25) is 5.02 Å². The van der Waals surface area contributed by atoms with Crippen LogP contribution in [0.3, 0.4) is 0 Å². The lowest BCUT2D eigenvalue weighted by atomic mass is 9.87.